The van der Waals surface area contributed by atoms with Crippen molar-refractivity contribution in [2.75, 3.05) is 31.7 Å². The van der Waals surface area contributed by atoms with Crippen LogP contribution < -0.4 is 4.90 Å². The van der Waals surface area contributed by atoms with Crippen LogP contribution in [0.25, 0.3) is 22.5 Å². The van der Waals surface area contributed by atoms with Crippen LogP contribution in [-0.4, -0.2) is 49.0 Å². The van der Waals surface area contributed by atoms with Crippen LogP contribution in [0.1, 0.15) is 26.7 Å². The number of unbranched alkanes of at least 4 members (excludes halogenated alkanes) is 1. The maximum atomic E-state index is 5.57. The molecule has 3 aromatic rings. The molecule has 1 heterocycles. The third kappa shape index (κ3) is 6.46. The van der Waals surface area contributed by atoms with Crippen LogP contribution >= 0.6 is 0 Å². The summed E-state index contributed by atoms with van der Waals surface area (Å²) >= 11 is 0. The maximum absolute atomic E-state index is 5.57. The molecule has 0 saturated carbocycles. The van der Waals surface area contributed by atoms with Gasteiger partial charge in [0.1, 0.15) is 5.82 Å². The first-order chi connectivity index (χ1) is 15.2. The normalized spacial score (nSPS) is 11.4. The zero-order chi connectivity index (χ0) is 21.9. The fourth-order valence-corrected chi connectivity index (χ4v) is 3.46. The molecule has 0 spiro atoms. The first kappa shape index (κ1) is 22.6. The Bertz CT molecular complexity index is 942. The number of ether oxygens (including phenoxy) is 1. The molecule has 0 bridgehead atoms. The summed E-state index contributed by atoms with van der Waals surface area (Å²) in [6, 6.07) is 20.9. The lowest BCUT2D eigenvalue weighted by Crippen LogP contribution is -2.33. The molecule has 0 amide bonds. The van der Waals surface area contributed by atoms with Gasteiger partial charge in [-0.1, -0.05) is 60.7 Å². The number of aliphatic imine (C=N–C) groups is 1. The van der Waals surface area contributed by atoms with Crippen molar-refractivity contribution in [3.8, 4) is 22.5 Å². The average molecular weight is 417 g/mol. The van der Waals surface area contributed by atoms with Gasteiger partial charge < -0.3 is 9.64 Å². The van der Waals surface area contributed by atoms with Gasteiger partial charge in [-0.3, -0.25) is 9.98 Å². The van der Waals surface area contributed by atoms with Crippen molar-refractivity contribution < 1.29 is 4.74 Å². The summed E-state index contributed by atoms with van der Waals surface area (Å²) < 4.78 is 5.57. The summed E-state index contributed by atoms with van der Waals surface area (Å²) in [6.07, 6.45) is 5.73. The van der Waals surface area contributed by atoms with Gasteiger partial charge in [0, 0.05) is 43.6 Å². The van der Waals surface area contributed by atoms with Crippen molar-refractivity contribution in [1.29, 1.82) is 0 Å². The number of benzene rings is 2. The molecule has 0 aliphatic heterocycles. The molecule has 0 atom stereocenters. The minimum Gasteiger partial charge on any atom is -0.376 e. The Morgan fingerprint density at radius 2 is 1.58 bits per heavy atom. The summed E-state index contributed by atoms with van der Waals surface area (Å²) in [5.41, 5.74) is 3.97. The van der Waals surface area contributed by atoms with Gasteiger partial charge in [-0.25, -0.2) is 4.98 Å². The highest BCUT2D eigenvalue weighted by Crippen LogP contribution is 2.30. The van der Waals surface area contributed by atoms with E-state index in [1.807, 2.05) is 42.6 Å². The number of aromatic nitrogens is 2. The van der Waals surface area contributed by atoms with Crippen LogP contribution in [0, 0.1) is 0 Å². The molecule has 1 aromatic heterocycles. The third-order valence-electron chi connectivity index (χ3n) is 5.08. The zero-order valence-electron chi connectivity index (χ0n) is 18.7. The summed E-state index contributed by atoms with van der Waals surface area (Å²) in [7, 11) is 1.76. The van der Waals surface area contributed by atoms with Gasteiger partial charge in [0.05, 0.1) is 24.2 Å². The Morgan fingerprint density at radius 3 is 2.19 bits per heavy atom. The molecule has 5 nitrogen and oxygen atoms in total. The van der Waals surface area contributed by atoms with Crippen molar-refractivity contribution in [3.05, 3.63) is 66.9 Å². The van der Waals surface area contributed by atoms with Gasteiger partial charge >= 0.3 is 0 Å². The molecule has 31 heavy (non-hydrogen) atoms. The highest BCUT2D eigenvalue weighted by atomic mass is 16.5. The minimum absolute atomic E-state index is 0.327. The predicted octanol–water partition coefficient (Wildman–Crippen LogP) is 5.52. The molecular weight excluding hydrogens is 384 g/mol. The fraction of sp³-hybridized carbons (Fsp3) is 0.346. The molecule has 0 aliphatic carbocycles. The fourth-order valence-electron chi connectivity index (χ4n) is 3.46. The molecule has 0 N–H and O–H groups in total. The van der Waals surface area contributed by atoms with Crippen molar-refractivity contribution >= 4 is 12.0 Å². The molecule has 0 unspecified atom stereocenters. The van der Waals surface area contributed by atoms with E-state index in [9.17, 15) is 0 Å². The second-order valence-corrected chi connectivity index (χ2v) is 7.67. The van der Waals surface area contributed by atoms with Crippen LogP contribution in [0.4, 0.5) is 5.82 Å². The van der Waals surface area contributed by atoms with Crippen molar-refractivity contribution in [3.63, 3.8) is 0 Å². The van der Waals surface area contributed by atoms with E-state index in [2.05, 4.69) is 48.0 Å². The summed E-state index contributed by atoms with van der Waals surface area (Å²) in [5.74, 6) is 0.910. The summed E-state index contributed by atoms with van der Waals surface area (Å²) in [6.45, 7) is 6.63. The van der Waals surface area contributed by atoms with Crippen LogP contribution in [0.5, 0.6) is 0 Å². The van der Waals surface area contributed by atoms with E-state index < -0.39 is 0 Å². The zero-order valence-corrected chi connectivity index (χ0v) is 18.7. The molecular formula is C26H32N4O. The number of rotatable bonds is 11. The van der Waals surface area contributed by atoms with E-state index >= 15 is 0 Å². The van der Waals surface area contributed by atoms with Gasteiger partial charge in [0.15, 0.2) is 0 Å². The lowest BCUT2D eigenvalue weighted by Gasteiger charge is -2.28. The van der Waals surface area contributed by atoms with Crippen LogP contribution in [0.15, 0.2) is 71.9 Å². The van der Waals surface area contributed by atoms with Gasteiger partial charge in [-0.05, 0) is 26.7 Å². The standard InChI is InChI=1S/C26H32N4O/c1-21(2)30(17-10-11-18-31-19-16-27-3)24-20-28-25(22-12-6-4-7-13-22)26(29-24)23-14-8-5-9-15-23/h4-9,12-16,20-21H,10-11,17-19H2,1-3H3. The van der Waals surface area contributed by atoms with Crippen molar-refractivity contribution in [1.82, 2.24) is 9.97 Å². The lowest BCUT2D eigenvalue weighted by molar-refractivity contribution is 0.169. The minimum atomic E-state index is 0.327. The predicted molar refractivity (Wildman–Crippen MR) is 130 cm³/mol. The second-order valence-electron chi connectivity index (χ2n) is 7.67. The molecule has 0 fully saturated rings. The molecule has 3 rings (SSSR count). The van der Waals surface area contributed by atoms with E-state index in [1.165, 1.54) is 0 Å². The average Bonchev–Trinajstić information content (AvgIpc) is 2.81. The van der Waals surface area contributed by atoms with Crippen LogP contribution in [0.2, 0.25) is 0 Å². The Balaban J connectivity index is 1.82. The molecule has 0 saturated heterocycles. The Morgan fingerprint density at radius 1 is 0.935 bits per heavy atom. The number of nitrogens with zero attached hydrogens (tertiary/aromatic N) is 4. The number of hydrogen-bond donors (Lipinski definition) is 0. The van der Waals surface area contributed by atoms with Crippen LogP contribution in [-0.2, 0) is 4.74 Å². The van der Waals surface area contributed by atoms with E-state index in [0.29, 0.717) is 12.6 Å². The Kier molecular flexibility index (Phi) is 8.73. The molecule has 0 radical (unpaired) electrons. The molecule has 2 aromatic carbocycles. The molecule has 5 heteroatoms. The third-order valence-corrected chi connectivity index (χ3v) is 5.08. The van der Waals surface area contributed by atoms with Crippen molar-refractivity contribution in [2.24, 2.45) is 4.99 Å². The second kappa shape index (κ2) is 12.0. The highest BCUT2D eigenvalue weighted by molar-refractivity contribution is 5.78. The van der Waals surface area contributed by atoms with Gasteiger partial charge in [0.25, 0.3) is 0 Å². The number of hydrogen-bond acceptors (Lipinski definition) is 5. The monoisotopic (exact) mass is 416 g/mol. The van der Waals surface area contributed by atoms with E-state index in [0.717, 1.165) is 54.3 Å². The van der Waals surface area contributed by atoms with Crippen LogP contribution in [0.3, 0.4) is 0 Å². The highest BCUT2D eigenvalue weighted by Gasteiger charge is 2.17. The lowest BCUT2D eigenvalue weighted by atomic mass is 10.0. The Labute approximate surface area is 185 Å². The van der Waals surface area contributed by atoms with Crippen molar-refractivity contribution in [2.45, 2.75) is 32.7 Å². The summed E-state index contributed by atoms with van der Waals surface area (Å²) in [5, 5.41) is 0. The van der Waals surface area contributed by atoms with Gasteiger partial charge in [0.2, 0.25) is 0 Å². The molecule has 162 valence electrons. The van der Waals surface area contributed by atoms with Gasteiger partial charge in [-0.15, -0.1) is 0 Å². The van der Waals surface area contributed by atoms with E-state index in [1.54, 1.807) is 13.3 Å². The van der Waals surface area contributed by atoms with E-state index in [4.69, 9.17) is 14.7 Å². The maximum Gasteiger partial charge on any atom is 0.148 e. The number of anilines is 1. The largest absolute Gasteiger partial charge is 0.376 e. The molecule has 0 aliphatic rings. The quantitative estimate of drug-likeness (QED) is 0.305. The summed E-state index contributed by atoms with van der Waals surface area (Å²) in [4.78, 5) is 16.2. The van der Waals surface area contributed by atoms with Gasteiger partial charge in [-0.2, -0.15) is 0 Å². The first-order valence-electron chi connectivity index (χ1n) is 10.9. The topological polar surface area (TPSA) is 50.6 Å². The first-order valence-corrected chi connectivity index (χ1v) is 10.9. The Hall–Kier alpha value is -3.05. The smallest absolute Gasteiger partial charge is 0.148 e. The van der Waals surface area contributed by atoms with E-state index in [-0.39, 0.29) is 0 Å². The SMILES string of the molecule is CN=CCOCCCCN(c1cnc(-c2ccccc2)c(-c2ccccc2)n1)C(C)C.